The largest absolute Gasteiger partial charge is 0.465 e. The lowest BCUT2D eigenvalue weighted by Crippen LogP contribution is -2.39. The van der Waals surface area contributed by atoms with Crippen molar-refractivity contribution in [3.8, 4) is 11.3 Å². The molecule has 0 saturated heterocycles. The van der Waals surface area contributed by atoms with Crippen LogP contribution in [-0.2, 0) is 17.5 Å². The molecular formula is C32H37F3N4O3S. The van der Waals surface area contributed by atoms with Gasteiger partial charge in [0.1, 0.15) is 11.5 Å². The quantitative estimate of drug-likeness (QED) is 0.162. The third-order valence-corrected chi connectivity index (χ3v) is 9.19. The van der Waals surface area contributed by atoms with Gasteiger partial charge in [0, 0.05) is 42.2 Å². The third kappa shape index (κ3) is 6.57. The minimum Gasteiger partial charge on any atom is -0.465 e. The summed E-state index contributed by atoms with van der Waals surface area (Å²) >= 11 is 1.55. The van der Waals surface area contributed by atoms with E-state index < -0.39 is 11.7 Å². The third-order valence-electron chi connectivity index (χ3n) is 8.15. The van der Waals surface area contributed by atoms with Gasteiger partial charge in [-0.25, -0.2) is 9.78 Å². The number of rotatable bonds is 12. The smallest absolute Gasteiger partial charge is 0.417 e. The molecule has 2 atom stereocenters. The van der Waals surface area contributed by atoms with E-state index in [1.807, 2.05) is 13.0 Å². The lowest BCUT2D eigenvalue weighted by molar-refractivity contribution is -0.137. The van der Waals surface area contributed by atoms with E-state index in [9.17, 15) is 18.0 Å². The second kappa shape index (κ2) is 12.7. The molecule has 2 heterocycles. The number of thiazole rings is 1. The highest BCUT2D eigenvalue weighted by Gasteiger charge is 2.37. The molecule has 0 spiro atoms. The molecule has 0 amide bonds. The van der Waals surface area contributed by atoms with E-state index in [1.165, 1.54) is 19.2 Å². The predicted octanol–water partition coefficient (Wildman–Crippen LogP) is 8.12. The number of alkyl halides is 3. The Morgan fingerprint density at radius 1 is 1.23 bits per heavy atom. The van der Waals surface area contributed by atoms with Crippen LogP contribution in [0.1, 0.15) is 85.2 Å². The zero-order valence-corrected chi connectivity index (χ0v) is 25.9. The van der Waals surface area contributed by atoms with Gasteiger partial charge in [0.05, 0.1) is 28.5 Å². The number of aryl methyl sites for hydroxylation is 1. The molecule has 1 saturated carbocycles. The molecule has 2 aromatic carbocycles. The zero-order chi connectivity index (χ0) is 30.9. The number of anilines is 1. The molecule has 7 nitrogen and oxygen atoms in total. The fourth-order valence-corrected chi connectivity index (χ4v) is 6.92. The SMILES string of the molecule is CCC(CC(C)N(CC)c1nc2c(C)cc(C(=O)OC)cc2s1)NCc1c(-c2ccccc2C(F)(F)F)noc1C1CC1. The highest BCUT2D eigenvalue weighted by molar-refractivity contribution is 7.22. The summed E-state index contributed by atoms with van der Waals surface area (Å²) in [5.41, 5.74) is 2.59. The molecule has 5 rings (SSSR count). The molecule has 0 bridgehead atoms. The Morgan fingerprint density at radius 2 is 1.98 bits per heavy atom. The first-order valence-corrected chi connectivity index (χ1v) is 15.5. The number of nitrogens with zero attached hydrogens (tertiary/aromatic N) is 3. The van der Waals surface area contributed by atoms with Gasteiger partial charge < -0.3 is 19.5 Å². The Morgan fingerprint density at radius 3 is 2.63 bits per heavy atom. The van der Waals surface area contributed by atoms with Crippen molar-refractivity contribution in [3.05, 3.63) is 64.4 Å². The number of hydrogen-bond donors (Lipinski definition) is 1. The molecule has 0 radical (unpaired) electrons. The fraction of sp³-hybridized carbons (Fsp3) is 0.469. The minimum absolute atomic E-state index is 0.0440. The van der Waals surface area contributed by atoms with E-state index in [-0.39, 0.29) is 35.2 Å². The van der Waals surface area contributed by atoms with Gasteiger partial charge in [-0.15, -0.1) is 0 Å². The van der Waals surface area contributed by atoms with E-state index in [0.29, 0.717) is 23.4 Å². The highest BCUT2D eigenvalue weighted by Crippen LogP contribution is 2.45. The van der Waals surface area contributed by atoms with E-state index in [0.717, 1.165) is 59.2 Å². The van der Waals surface area contributed by atoms with Gasteiger partial charge in [-0.1, -0.05) is 41.6 Å². The number of hydrogen-bond acceptors (Lipinski definition) is 8. The second-order valence-electron chi connectivity index (χ2n) is 11.2. The Kier molecular flexibility index (Phi) is 9.12. The number of methoxy groups -OCH3 is 1. The minimum atomic E-state index is -4.50. The van der Waals surface area contributed by atoms with Crippen LogP contribution in [0.25, 0.3) is 21.5 Å². The second-order valence-corrected chi connectivity index (χ2v) is 12.2. The van der Waals surface area contributed by atoms with Crippen molar-refractivity contribution in [3.63, 3.8) is 0 Å². The molecule has 11 heteroatoms. The van der Waals surface area contributed by atoms with Gasteiger partial charge in [0.2, 0.25) is 0 Å². The van der Waals surface area contributed by atoms with Crippen molar-refractivity contribution in [2.45, 2.75) is 84.1 Å². The maximum absolute atomic E-state index is 13.9. The summed E-state index contributed by atoms with van der Waals surface area (Å²) in [5, 5.41) is 8.65. The summed E-state index contributed by atoms with van der Waals surface area (Å²) < 4.78 is 53.1. The molecule has 1 N–H and O–H groups in total. The van der Waals surface area contributed by atoms with E-state index in [4.69, 9.17) is 14.2 Å². The molecular weight excluding hydrogens is 577 g/mol. The van der Waals surface area contributed by atoms with Crippen molar-refractivity contribution in [2.24, 2.45) is 0 Å². The average Bonchev–Trinajstić information content (AvgIpc) is 3.60. The number of carbonyl (C=O) groups excluding carboxylic acids is 1. The summed E-state index contributed by atoms with van der Waals surface area (Å²) in [4.78, 5) is 19.3. The van der Waals surface area contributed by atoms with Gasteiger partial charge in [-0.2, -0.15) is 13.2 Å². The number of carbonyl (C=O) groups is 1. The van der Waals surface area contributed by atoms with Gasteiger partial charge in [-0.05, 0) is 70.2 Å². The standard InChI is InChI=1S/C32H37F3N4O3S/c1-6-22(15-19(4)39(7-2)31-37-27-18(3)14-21(30(40)41-5)16-26(27)43-31)36-17-24-28(38-42-29(24)20-12-13-20)23-10-8-9-11-25(23)32(33,34)35/h8-11,14,16,19-20,22,36H,6-7,12-13,15,17H2,1-5H3. The van der Waals surface area contributed by atoms with E-state index in [1.54, 1.807) is 23.5 Å². The number of benzene rings is 2. The monoisotopic (exact) mass is 614 g/mol. The molecule has 2 unspecified atom stereocenters. The molecule has 4 aromatic rings. The summed E-state index contributed by atoms with van der Waals surface area (Å²) in [6.07, 6.45) is -0.964. The van der Waals surface area contributed by atoms with Crippen LogP contribution in [0, 0.1) is 6.92 Å². The van der Waals surface area contributed by atoms with Crippen LogP contribution >= 0.6 is 11.3 Å². The molecule has 1 aliphatic carbocycles. The molecule has 1 aliphatic rings. The van der Waals surface area contributed by atoms with E-state index in [2.05, 4.69) is 36.1 Å². The van der Waals surface area contributed by atoms with Crippen molar-refractivity contribution in [1.82, 2.24) is 15.5 Å². The van der Waals surface area contributed by atoms with Crippen LogP contribution < -0.4 is 10.2 Å². The van der Waals surface area contributed by atoms with Crippen molar-refractivity contribution in [1.29, 1.82) is 0 Å². The van der Waals surface area contributed by atoms with Crippen LogP contribution in [0.2, 0.25) is 0 Å². The van der Waals surface area contributed by atoms with Gasteiger partial charge >= 0.3 is 12.1 Å². The number of nitrogens with one attached hydrogen (secondary N) is 1. The normalized spacial score (nSPS) is 15.1. The maximum Gasteiger partial charge on any atom is 0.417 e. The average molecular weight is 615 g/mol. The van der Waals surface area contributed by atoms with Crippen molar-refractivity contribution < 1.29 is 27.2 Å². The van der Waals surface area contributed by atoms with Gasteiger partial charge in [-0.3, -0.25) is 0 Å². The van der Waals surface area contributed by atoms with Crippen LogP contribution in [0.5, 0.6) is 0 Å². The van der Waals surface area contributed by atoms with Crippen LogP contribution in [-0.4, -0.2) is 41.8 Å². The number of ether oxygens (including phenoxy) is 1. The van der Waals surface area contributed by atoms with Crippen LogP contribution in [0.3, 0.4) is 0 Å². The number of fused-ring (bicyclic) bond motifs is 1. The topological polar surface area (TPSA) is 80.5 Å². The van der Waals surface area contributed by atoms with E-state index >= 15 is 0 Å². The number of aromatic nitrogens is 2. The number of halogens is 3. The zero-order valence-electron chi connectivity index (χ0n) is 25.0. The molecule has 43 heavy (non-hydrogen) atoms. The molecule has 2 aromatic heterocycles. The molecule has 0 aliphatic heterocycles. The Bertz CT molecular complexity index is 1590. The van der Waals surface area contributed by atoms with Crippen molar-refractivity contribution in [2.75, 3.05) is 18.6 Å². The Hall–Kier alpha value is -3.44. The van der Waals surface area contributed by atoms with Crippen LogP contribution in [0.15, 0.2) is 40.9 Å². The summed E-state index contributed by atoms with van der Waals surface area (Å²) in [6.45, 7) is 9.41. The van der Waals surface area contributed by atoms with Gasteiger partial charge in [0.25, 0.3) is 0 Å². The fourth-order valence-electron chi connectivity index (χ4n) is 5.67. The summed E-state index contributed by atoms with van der Waals surface area (Å²) in [7, 11) is 1.37. The summed E-state index contributed by atoms with van der Waals surface area (Å²) in [5.74, 6) is 0.516. The predicted molar refractivity (Wildman–Crippen MR) is 163 cm³/mol. The molecule has 1 fully saturated rings. The van der Waals surface area contributed by atoms with Gasteiger partial charge in [0.15, 0.2) is 5.13 Å². The first-order valence-electron chi connectivity index (χ1n) is 14.7. The Labute approximate surface area is 253 Å². The molecule has 230 valence electrons. The maximum atomic E-state index is 13.9. The Balaban J connectivity index is 1.35. The summed E-state index contributed by atoms with van der Waals surface area (Å²) in [6, 6.07) is 9.40. The lowest BCUT2D eigenvalue weighted by atomic mass is 9.98. The van der Waals surface area contributed by atoms with Crippen molar-refractivity contribution >= 4 is 32.7 Å². The lowest BCUT2D eigenvalue weighted by Gasteiger charge is -2.31. The van der Waals surface area contributed by atoms with Crippen LogP contribution in [0.4, 0.5) is 18.3 Å². The first kappa shape index (κ1) is 31.0. The number of esters is 1. The first-order chi connectivity index (χ1) is 20.5. The highest BCUT2D eigenvalue weighted by atomic mass is 32.1.